The van der Waals surface area contributed by atoms with Crippen molar-refractivity contribution >= 4 is 11.9 Å². The Morgan fingerprint density at radius 3 is 2.38 bits per heavy atom. The summed E-state index contributed by atoms with van der Waals surface area (Å²) in [6.07, 6.45) is 0. The van der Waals surface area contributed by atoms with Crippen LogP contribution >= 0.6 is 0 Å². The topological polar surface area (TPSA) is 66.4 Å². The van der Waals surface area contributed by atoms with Crippen molar-refractivity contribution in [1.82, 2.24) is 15.1 Å². The molecule has 0 bridgehead atoms. The minimum atomic E-state index is 0.0881. The lowest BCUT2D eigenvalue weighted by Crippen LogP contribution is -2.45. The molecule has 0 saturated heterocycles. The van der Waals surface area contributed by atoms with E-state index in [0.717, 1.165) is 23.6 Å². The molecule has 7 heteroatoms. The first kappa shape index (κ1) is 21.6. The Kier molecular flexibility index (Phi) is 9.33. The molecule has 0 saturated carbocycles. The monoisotopic (exact) mass is 364 g/mol. The normalized spacial score (nSPS) is 11.1. The van der Waals surface area contributed by atoms with Gasteiger partial charge >= 0.3 is 0 Å². The Labute approximate surface area is 157 Å². The van der Waals surface area contributed by atoms with Gasteiger partial charge in [-0.25, -0.2) is 4.99 Å². The summed E-state index contributed by atoms with van der Waals surface area (Å²) in [6, 6.07) is 5.66. The summed E-state index contributed by atoms with van der Waals surface area (Å²) in [5.41, 5.74) is 0.951. The van der Waals surface area contributed by atoms with E-state index in [9.17, 15) is 4.79 Å². The van der Waals surface area contributed by atoms with Gasteiger partial charge < -0.3 is 24.6 Å². The number of nitrogens with zero attached hydrogens (tertiary/aromatic N) is 3. The average Bonchev–Trinajstić information content (AvgIpc) is 2.65. The molecule has 0 unspecified atom stereocenters. The Balaban J connectivity index is 2.90. The Morgan fingerprint density at radius 2 is 1.85 bits per heavy atom. The fourth-order valence-electron chi connectivity index (χ4n) is 2.57. The molecule has 0 radical (unpaired) electrons. The first-order valence-electron chi connectivity index (χ1n) is 8.98. The second-order valence-corrected chi connectivity index (χ2v) is 5.77. The first-order valence-corrected chi connectivity index (χ1v) is 8.98. The molecule has 0 aliphatic rings. The zero-order valence-corrected chi connectivity index (χ0v) is 16.8. The lowest BCUT2D eigenvalue weighted by Gasteiger charge is -2.25. The van der Waals surface area contributed by atoms with Crippen molar-refractivity contribution in [3.8, 4) is 11.5 Å². The molecule has 0 aliphatic heterocycles. The van der Waals surface area contributed by atoms with Crippen molar-refractivity contribution in [2.24, 2.45) is 4.99 Å². The SMILES string of the molecule is CCNC(=NCc1ccc(OC)cc1OC)N(C)CC(=O)N(CC)CC. The van der Waals surface area contributed by atoms with E-state index in [1.165, 1.54) is 0 Å². The maximum atomic E-state index is 12.3. The Bertz CT molecular complexity index is 600. The quantitative estimate of drug-likeness (QED) is 0.536. The van der Waals surface area contributed by atoms with Crippen molar-refractivity contribution in [3.63, 3.8) is 0 Å². The zero-order valence-electron chi connectivity index (χ0n) is 16.8. The molecule has 1 amide bonds. The van der Waals surface area contributed by atoms with E-state index >= 15 is 0 Å². The van der Waals surface area contributed by atoms with Gasteiger partial charge in [0.2, 0.25) is 5.91 Å². The maximum absolute atomic E-state index is 12.3. The van der Waals surface area contributed by atoms with Crippen LogP contribution in [0.2, 0.25) is 0 Å². The van der Waals surface area contributed by atoms with Crippen LogP contribution in [0.3, 0.4) is 0 Å². The van der Waals surface area contributed by atoms with Gasteiger partial charge in [-0.05, 0) is 32.9 Å². The minimum Gasteiger partial charge on any atom is -0.497 e. The standard InChI is InChI=1S/C19H32N4O3/c1-7-20-19(22(4)14-18(24)23(8-2)9-3)21-13-15-10-11-16(25-5)12-17(15)26-6/h10-12H,7-9,13-14H2,1-6H3,(H,20,21). The minimum absolute atomic E-state index is 0.0881. The molecule has 0 fully saturated rings. The molecule has 1 rings (SSSR count). The van der Waals surface area contributed by atoms with Crippen LogP contribution in [-0.2, 0) is 11.3 Å². The van der Waals surface area contributed by atoms with Crippen LogP contribution < -0.4 is 14.8 Å². The van der Waals surface area contributed by atoms with Crippen LogP contribution in [0.15, 0.2) is 23.2 Å². The van der Waals surface area contributed by atoms with E-state index < -0.39 is 0 Å². The molecular weight excluding hydrogens is 332 g/mol. The third-order valence-corrected chi connectivity index (χ3v) is 4.08. The van der Waals surface area contributed by atoms with Gasteiger partial charge in [-0.15, -0.1) is 0 Å². The second kappa shape index (κ2) is 11.2. The van der Waals surface area contributed by atoms with Crippen LogP contribution in [0, 0.1) is 0 Å². The first-order chi connectivity index (χ1) is 12.5. The van der Waals surface area contributed by atoms with Crippen molar-refractivity contribution in [3.05, 3.63) is 23.8 Å². The molecule has 1 N–H and O–H groups in total. The van der Waals surface area contributed by atoms with Crippen LogP contribution in [0.4, 0.5) is 0 Å². The summed E-state index contributed by atoms with van der Waals surface area (Å²) < 4.78 is 10.6. The number of rotatable bonds is 9. The smallest absolute Gasteiger partial charge is 0.242 e. The van der Waals surface area contributed by atoms with Crippen LogP contribution in [0.5, 0.6) is 11.5 Å². The summed E-state index contributed by atoms with van der Waals surface area (Å²) in [7, 11) is 5.12. The number of aliphatic imine (C=N–C) groups is 1. The molecule has 0 aromatic heterocycles. The summed E-state index contributed by atoms with van der Waals surface area (Å²) in [4.78, 5) is 20.6. The van der Waals surface area contributed by atoms with Crippen LogP contribution in [-0.4, -0.2) is 69.1 Å². The number of hydrogen-bond donors (Lipinski definition) is 1. The van der Waals surface area contributed by atoms with Crippen molar-refractivity contribution in [2.75, 3.05) is 47.4 Å². The van der Waals surface area contributed by atoms with E-state index in [1.807, 2.05) is 55.8 Å². The highest BCUT2D eigenvalue weighted by atomic mass is 16.5. The molecule has 0 aliphatic carbocycles. The van der Waals surface area contributed by atoms with Gasteiger partial charge in [0.25, 0.3) is 0 Å². The number of likely N-dealkylation sites (N-methyl/N-ethyl adjacent to an activating group) is 2. The lowest BCUT2D eigenvalue weighted by atomic mass is 10.2. The Morgan fingerprint density at radius 1 is 1.15 bits per heavy atom. The van der Waals surface area contributed by atoms with Gasteiger partial charge in [-0.2, -0.15) is 0 Å². The molecule has 0 heterocycles. The second-order valence-electron chi connectivity index (χ2n) is 5.77. The number of hydrogen-bond acceptors (Lipinski definition) is 4. The number of carbonyl (C=O) groups excluding carboxylic acids is 1. The average molecular weight is 364 g/mol. The molecule has 26 heavy (non-hydrogen) atoms. The maximum Gasteiger partial charge on any atom is 0.242 e. The van der Waals surface area contributed by atoms with Gasteiger partial charge in [-0.3, -0.25) is 4.79 Å². The van der Waals surface area contributed by atoms with Gasteiger partial charge in [0.1, 0.15) is 11.5 Å². The van der Waals surface area contributed by atoms with Gasteiger partial charge in [0, 0.05) is 38.3 Å². The number of nitrogens with one attached hydrogen (secondary N) is 1. The van der Waals surface area contributed by atoms with Crippen molar-refractivity contribution in [1.29, 1.82) is 0 Å². The highest BCUT2D eigenvalue weighted by molar-refractivity contribution is 5.86. The molecular formula is C19H32N4O3. The van der Waals surface area contributed by atoms with Crippen molar-refractivity contribution in [2.45, 2.75) is 27.3 Å². The summed E-state index contributed by atoms with van der Waals surface area (Å²) >= 11 is 0. The summed E-state index contributed by atoms with van der Waals surface area (Å²) in [5, 5.41) is 3.23. The summed E-state index contributed by atoms with van der Waals surface area (Å²) in [6.45, 7) is 8.84. The molecule has 146 valence electrons. The van der Waals surface area contributed by atoms with E-state index in [4.69, 9.17) is 9.47 Å². The number of methoxy groups -OCH3 is 2. The van der Waals surface area contributed by atoms with Crippen molar-refractivity contribution < 1.29 is 14.3 Å². The van der Waals surface area contributed by atoms with Crippen LogP contribution in [0.1, 0.15) is 26.3 Å². The molecule has 0 spiro atoms. The van der Waals surface area contributed by atoms with E-state index in [0.29, 0.717) is 25.6 Å². The highest BCUT2D eigenvalue weighted by Crippen LogP contribution is 2.25. The molecule has 1 aromatic carbocycles. The van der Waals surface area contributed by atoms with E-state index in [2.05, 4.69) is 10.3 Å². The molecule has 0 atom stereocenters. The van der Waals surface area contributed by atoms with Gasteiger partial charge in [0.15, 0.2) is 5.96 Å². The third kappa shape index (κ3) is 6.13. The third-order valence-electron chi connectivity index (χ3n) is 4.08. The zero-order chi connectivity index (χ0) is 19.5. The van der Waals surface area contributed by atoms with Gasteiger partial charge in [0.05, 0.1) is 27.3 Å². The fourth-order valence-corrected chi connectivity index (χ4v) is 2.57. The van der Waals surface area contributed by atoms with Gasteiger partial charge in [-0.1, -0.05) is 0 Å². The van der Waals surface area contributed by atoms with Crippen LogP contribution in [0.25, 0.3) is 0 Å². The number of carbonyl (C=O) groups is 1. The molecule has 7 nitrogen and oxygen atoms in total. The highest BCUT2D eigenvalue weighted by Gasteiger charge is 2.15. The summed E-state index contributed by atoms with van der Waals surface area (Å²) in [5.74, 6) is 2.24. The van der Waals surface area contributed by atoms with E-state index in [1.54, 1.807) is 14.2 Å². The fraction of sp³-hybridized carbons (Fsp3) is 0.579. The predicted octanol–water partition coefficient (Wildman–Crippen LogP) is 1.97. The van der Waals surface area contributed by atoms with E-state index in [-0.39, 0.29) is 12.5 Å². The number of ether oxygens (including phenoxy) is 2. The number of guanidine groups is 1. The Hall–Kier alpha value is -2.44. The predicted molar refractivity (Wildman–Crippen MR) is 105 cm³/mol. The number of benzene rings is 1. The molecule has 1 aromatic rings. The number of amides is 1. The largest absolute Gasteiger partial charge is 0.497 e. The lowest BCUT2D eigenvalue weighted by molar-refractivity contribution is -0.131.